The zero-order valence-electron chi connectivity index (χ0n) is 17.3. The van der Waals surface area contributed by atoms with E-state index < -0.39 is 0 Å². The lowest BCUT2D eigenvalue weighted by atomic mass is 9.97. The van der Waals surface area contributed by atoms with E-state index in [9.17, 15) is 9.18 Å². The molecule has 5 aromatic rings. The molecule has 0 spiro atoms. The molecule has 2 aromatic heterocycles. The maximum absolute atomic E-state index is 13.5. The number of amides is 1. The fourth-order valence-corrected chi connectivity index (χ4v) is 3.92. The Hall–Kier alpha value is -4.03. The summed E-state index contributed by atoms with van der Waals surface area (Å²) in [5.41, 5.74) is 4.65. The van der Waals surface area contributed by atoms with Gasteiger partial charge < -0.3 is 5.32 Å². The van der Waals surface area contributed by atoms with Crippen LogP contribution in [0, 0.1) is 5.82 Å². The number of hydrogen-bond acceptors (Lipinski definition) is 3. The van der Waals surface area contributed by atoms with Crippen LogP contribution in [0.1, 0.15) is 5.56 Å². The molecule has 33 heavy (non-hydrogen) atoms. The number of halogens is 2. The Labute approximate surface area is 194 Å². The van der Waals surface area contributed by atoms with Crippen molar-refractivity contribution >= 4 is 34.2 Å². The normalized spacial score (nSPS) is 11.0. The predicted molar refractivity (Wildman–Crippen MR) is 129 cm³/mol. The first-order valence-electron chi connectivity index (χ1n) is 10.3. The zero-order valence-corrected chi connectivity index (χ0v) is 18.1. The number of hydrogen-bond donors (Lipinski definition) is 2. The van der Waals surface area contributed by atoms with Gasteiger partial charge in [0.05, 0.1) is 23.2 Å². The average molecular weight is 457 g/mol. The second-order valence-electron chi connectivity index (χ2n) is 7.56. The third kappa shape index (κ3) is 4.33. The fraction of sp³-hybridized carbons (Fsp3) is 0.0385. The van der Waals surface area contributed by atoms with E-state index in [0.29, 0.717) is 22.1 Å². The predicted octanol–water partition coefficient (Wildman–Crippen LogP) is 6.27. The van der Waals surface area contributed by atoms with Crippen LogP contribution in [0.4, 0.5) is 10.2 Å². The minimum absolute atomic E-state index is 0.173. The van der Waals surface area contributed by atoms with Gasteiger partial charge in [-0.2, -0.15) is 5.10 Å². The number of fused-ring (bicyclic) bond motifs is 1. The van der Waals surface area contributed by atoms with Gasteiger partial charge >= 0.3 is 0 Å². The van der Waals surface area contributed by atoms with E-state index in [1.165, 1.54) is 12.1 Å². The number of H-pyrrole nitrogens is 1. The highest BCUT2D eigenvalue weighted by Crippen LogP contribution is 2.39. The van der Waals surface area contributed by atoms with Gasteiger partial charge in [0, 0.05) is 22.2 Å². The monoisotopic (exact) mass is 456 g/mol. The highest BCUT2D eigenvalue weighted by Gasteiger charge is 2.20. The van der Waals surface area contributed by atoms with Gasteiger partial charge in [0.1, 0.15) is 5.82 Å². The van der Waals surface area contributed by atoms with Crippen LogP contribution in [-0.2, 0) is 11.2 Å². The third-order valence-corrected chi connectivity index (χ3v) is 5.61. The zero-order chi connectivity index (χ0) is 22.8. The van der Waals surface area contributed by atoms with Crippen LogP contribution in [0.3, 0.4) is 0 Å². The van der Waals surface area contributed by atoms with Gasteiger partial charge in [0.2, 0.25) is 5.91 Å². The molecular formula is C26H18ClFN4O. The number of benzene rings is 3. The number of nitrogens with one attached hydrogen (secondary N) is 2. The number of para-hydroxylation sites is 1. The van der Waals surface area contributed by atoms with Crippen LogP contribution in [0.25, 0.3) is 33.3 Å². The van der Waals surface area contributed by atoms with Crippen molar-refractivity contribution < 1.29 is 9.18 Å². The van der Waals surface area contributed by atoms with Crippen molar-refractivity contribution in [2.45, 2.75) is 6.42 Å². The molecule has 0 bridgehead atoms. The molecule has 0 radical (unpaired) electrons. The van der Waals surface area contributed by atoms with Gasteiger partial charge in [-0.3, -0.25) is 14.9 Å². The van der Waals surface area contributed by atoms with Crippen molar-refractivity contribution in [1.82, 2.24) is 15.2 Å². The molecule has 5 rings (SSSR count). The van der Waals surface area contributed by atoms with Crippen LogP contribution < -0.4 is 5.32 Å². The highest BCUT2D eigenvalue weighted by molar-refractivity contribution is 6.30. The number of carbonyl (C=O) groups is 1. The van der Waals surface area contributed by atoms with Gasteiger partial charge in [-0.1, -0.05) is 41.9 Å². The van der Waals surface area contributed by atoms with Crippen LogP contribution in [0.5, 0.6) is 0 Å². The smallest absolute Gasteiger partial charge is 0.230 e. The second kappa shape index (κ2) is 8.84. The Bertz CT molecular complexity index is 1440. The van der Waals surface area contributed by atoms with Crippen molar-refractivity contribution in [2.75, 3.05) is 5.32 Å². The van der Waals surface area contributed by atoms with Crippen LogP contribution >= 0.6 is 11.6 Å². The van der Waals surface area contributed by atoms with E-state index in [1.807, 2.05) is 42.5 Å². The van der Waals surface area contributed by atoms with E-state index >= 15 is 0 Å². The Morgan fingerprint density at radius 2 is 1.73 bits per heavy atom. The average Bonchev–Trinajstić information content (AvgIpc) is 3.23. The molecule has 162 valence electrons. The molecule has 7 heteroatoms. The lowest BCUT2D eigenvalue weighted by Crippen LogP contribution is -2.15. The van der Waals surface area contributed by atoms with Crippen molar-refractivity contribution in [3.05, 3.63) is 101 Å². The lowest BCUT2D eigenvalue weighted by Gasteiger charge is -2.11. The first-order valence-corrected chi connectivity index (χ1v) is 10.7. The highest BCUT2D eigenvalue weighted by atomic mass is 35.5. The summed E-state index contributed by atoms with van der Waals surface area (Å²) < 4.78 is 13.5. The number of carbonyl (C=O) groups excluding carboxylic acids is 1. The molecule has 0 aliphatic rings. The Kier molecular flexibility index (Phi) is 5.59. The van der Waals surface area contributed by atoms with E-state index in [1.54, 1.807) is 30.5 Å². The van der Waals surface area contributed by atoms with Gasteiger partial charge in [-0.05, 0) is 59.7 Å². The molecule has 1 amide bonds. The van der Waals surface area contributed by atoms with Gasteiger partial charge in [-0.25, -0.2) is 4.39 Å². The molecule has 2 heterocycles. The van der Waals surface area contributed by atoms with Crippen molar-refractivity contribution in [3.63, 3.8) is 0 Å². The number of nitrogens with zero attached hydrogens (tertiary/aromatic N) is 2. The first kappa shape index (κ1) is 20.8. The van der Waals surface area contributed by atoms with Crippen molar-refractivity contribution in [2.24, 2.45) is 0 Å². The lowest BCUT2D eigenvalue weighted by molar-refractivity contribution is -0.115. The number of pyridine rings is 1. The molecule has 0 fully saturated rings. The fourth-order valence-electron chi connectivity index (χ4n) is 3.80. The Morgan fingerprint density at radius 1 is 0.970 bits per heavy atom. The standard InChI is InChI=1S/C26H18ClFN4O/c27-18-9-5-16(6-10-18)15-23(33)30-26-24(21-13-14-29-22-4-2-1-3-20(21)22)25(31-32-26)17-7-11-19(28)12-8-17/h1-14H,15H2,(H2,30,31,32,33). The molecular weight excluding hydrogens is 439 g/mol. The largest absolute Gasteiger partial charge is 0.308 e. The minimum atomic E-state index is -0.328. The van der Waals surface area contributed by atoms with E-state index in [2.05, 4.69) is 20.5 Å². The molecule has 0 atom stereocenters. The van der Waals surface area contributed by atoms with E-state index in [0.717, 1.165) is 27.6 Å². The number of aromatic amines is 1. The quantitative estimate of drug-likeness (QED) is 0.327. The molecule has 0 saturated heterocycles. The summed E-state index contributed by atoms with van der Waals surface area (Å²) in [7, 11) is 0. The summed E-state index contributed by atoms with van der Waals surface area (Å²) in [6, 6.07) is 22.9. The van der Waals surface area contributed by atoms with E-state index in [-0.39, 0.29) is 18.1 Å². The van der Waals surface area contributed by atoms with Crippen LogP contribution in [0.15, 0.2) is 85.1 Å². The van der Waals surface area contributed by atoms with Crippen LogP contribution in [-0.4, -0.2) is 21.1 Å². The summed E-state index contributed by atoms with van der Waals surface area (Å²) in [4.78, 5) is 17.3. The molecule has 5 nitrogen and oxygen atoms in total. The van der Waals surface area contributed by atoms with Gasteiger partial charge in [0.25, 0.3) is 0 Å². The molecule has 0 aliphatic carbocycles. The van der Waals surface area contributed by atoms with Crippen LogP contribution in [0.2, 0.25) is 5.02 Å². The number of rotatable bonds is 5. The summed E-state index contributed by atoms with van der Waals surface area (Å²) in [5.74, 6) is -0.149. The topological polar surface area (TPSA) is 70.7 Å². The van der Waals surface area contributed by atoms with Gasteiger partial charge in [-0.15, -0.1) is 0 Å². The first-order chi connectivity index (χ1) is 16.1. The van der Waals surface area contributed by atoms with Gasteiger partial charge in [0.15, 0.2) is 5.82 Å². The van der Waals surface area contributed by atoms with Crippen molar-refractivity contribution in [3.8, 4) is 22.4 Å². The maximum Gasteiger partial charge on any atom is 0.230 e. The van der Waals surface area contributed by atoms with Crippen molar-refractivity contribution in [1.29, 1.82) is 0 Å². The number of anilines is 1. The molecule has 0 unspecified atom stereocenters. The van der Waals surface area contributed by atoms with E-state index in [4.69, 9.17) is 11.6 Å². The second-order valence-corrected chi connectivity index (χ2v) is 7.99. The summed E-state index contributed by atoms with van der Waals surface area (Å²) in [6.45, 7) is 0. The summed E-state index contributed by atoms with van der Waals surface area (Å²) in [6.07, 6.45) is 1.89. The Balaban J connectivity index is 1.59. The Morgan fingerprint density at radius 3 is 2.52 bits per heavy atom. The summed E-state index contributed by atoms with van der Waals surface area (Å²) >= 11 is 5.94. The molecule has 0 saturated carbocycles. The third-order valence-electron chi connectivity index (χ3n) is 5.35. The maximum atomic E-state index is 13.5. The summed E-state index contributed by atoms with van der Waals surface area (Å²) in [5, 5.41) is 11.9. The molecule has 0 aliphatic heterocycles. The SMILES string of the molecule is O=C(Cc1ccc(Cl)cc1)Nc1n[nH]c(-c2ccc(F)cc2)c1-c1ccnc2ccccc12. The molecule has 3 aromatic carbocycles. The molecule has 2 N–H and O–H groups in total. The minimum Gasteiger partial charge on any atom is -0.308 e. The number of aromatic nitrogens is 3.